The number of rotatable bonds is 7. The molecule has 2 N–H and O–H groups in total. The van der Waals surface area contributed by atoms with Crippen molar-refractivity contribution in [3.63, 3.8) is 0 Å². The number of halogens is 3. The number of nitrogens with one attached hydrogen (secondary N) is 1. The number of aromatic amines is 1. The lowest BCUT2D eigenvalue weighted by atomic mass is 10.2. The standard InChI is InChI=1S/C21H17Cl3N4O2S/c22-14-4-2-13(3-5-14)18-25-17-19(28(18)8-9-29)26-21(27-20(17)30)31-10-7-12-1-6-15(23)11-16(12)24/h1-6,11,29H,7-10H2,(H,26,27,30). The van der Waals surface area contributed by atoms with Gasteiger partial charge in [0.15, 0.2) is 16.3 Å². The number of aryl methyl sites for hydroxylation is 1. The van der Waals surface area contributed by atoms with Gasteiger partial charge in [-0.1, -0.05) is 52.6 Å². The Balaban J connectivity index is 1.64. The Morgan fingerprint density at radius 1 is 1.03 bits per heavy atom. The summed E-state index contributed by atoms with van der Waals surface area (Å²) in [6.45, 7) is 0.146. The minimum absolute atomic E-state index is 0.113. The molecule has 0 fully saturated rings. The van der Waals surface area contributed by atoms with Crippen LogP contribution in [0.4, 0.5) is 0 Å². The summed E-state index contributed by atoms with van der Waals surface area (Å²) in [7, 11) is 0. The van der Waals surface area contributed by atoms with Crippen LogP contribution >= 0.6 is 46.6 Å². The van der Waals surface area contributed by atoms with Gasteiger partial charge >= 0.3 is 0 Å². The van der Waals surface area contributed by atoms with Gasteiger partial charge in [0.05, 0.1) is 6.61 Å². The monoisotopic (exact) mass is 494 g/mol. The first kappa shape index (κ1) is 22.2. The third-order valence-electron chi connectivity index (χ3n) is 4.64. The summed E-state index contributed by atoms with van der Waals surface area (Å²) in [5.74, 6) is 1.21. The number of H-pyrrole nitrogens is 1. The second kappa shape index (κ2) is 9.63. The predicted octanol–water partition coefficient (Wildman–Crippen LogP) is 5.07. The molecule has 160 valence electrons. The molecule has 0 atom stereocenters. The number of aliphatic hydroxyl groups is 1. The van der Waals surface area contributed by atoms with Gasteiger partial charge in [-0.2, -0.15) is 0 Å². The number of imidazole rings is 1. The van der Waals surface area contributed by atoms with Crippen molar-refractivity contribution >= 4 is 57.7 Å². The molecule has 0 radical (unpaired) electrons. The highest BCUT2D eigenvalue weighted by molar-refractivity contribution is 7.99. The molecule has 31 heavy (non-hydrogen) atoms. The second-order valence-corrected chi connectivity index (χ2v) is 9.06. The van der Waals surface area contributed by atoms with Gasteiger partial charge in [-0.3, -0.25) is 9.78 Å². The van der Waals surface area contributed by atoms with Gasteiger partial charge in [-0.05, 0) is 48.4 Å². The molecule has 0 aliphatic heterocycles. The average molecular weight is 496 g/mol. The van der Waals surface area contributed by atoms with Crippen LogP contribution in [0.25, 0.3) is 22.6 Å². The van der Waals surface area contributed by atoms with E-state index in [0.29, 0.717) is 43.9 Å². The van der Waals surface area contributed by atoms with E-state index in [1.54, 1.807) is 28.8 Å². The van der Waals surface area contributed by atoms with Crippen molar-refractivity contribution in [3.8, 4) is 11.4 Å². The fourth-order valence-corrected chi connectivity index (χ4v) is 4.63. The van der Waals surface area contributed by atoms with E-state index in [-0.39, 0.29) is 24.2 Å². The number of hydrogen-bond acceptors (Lipinski definition) is 5. The van der Waals surface area contributed by atoms with Gasteiger partial charge in [0.2, 0.25) is 0 Å². The van der Waals surface area contributed by atoms with Crippen molar-refractivity contribution in [2.75, 3.05) is 12.4 Å². The molecule has 0 amide bonds. The van der Waals surface area contributed by atoms with Crippen LogP contribution in [-0.4, -0.2) is 37.0 Å². The molecule has 4 rings (SSSR count). The summed E-state index contributed by atoms with van der Waals surface area (Å²) in [6.07, 6.45) is 0.689. The molecule has 0 aliphatic carbocycles. The van der Waals surface area contributed by atoms with E-state index in [1.165, 1.54) is 11.8 Å². The molecule has 2 heterocycles. The summed E-state index contributed by atoms with van der Waals surface area (Å²) >= 11 is 19.6. The van der Waals surface area contributed by atoms with Crippen LogP contribution in [0.2, 0.25) is 15.1 Å². The third-order valence-corrected chi connectivity index (χ3v) is 6.35. The van der Waals surface area contributed by atoms with E-state index in [4.69, 9.17) is 34.8 Å². The van der Waals surface area contributed by atoms with Crippen molar-refractivity contribution in [1.29, 1.82) is 0 Å². The molecule has 0 aliphatic rings. The molecule has 0 spiro atoms. The molecule has 4 aromatic rings. The first-order valence-electron chi connectivity index (χ1n) is 9.40. The molecule has 0 bridgehead atoms. The van der Waals surface area contributed by atoms with E-state index in [0.717, 1.165) is 11.1 Å². The fraction of sp³-hybridized carbons (Fsp3) is 0.190. The van der Waals surface area contributed by atoms with Crippen LogP contribution in [-0.2, 0) is 13.0 Å². The highest BCUT2D eigenvalue weighted by Crippen LogP contribution is 2.26. The maximum Gasteiger partial charge on any atom is 0.279 e. The smallest absolute Gasteiger partial charge is 0.279 e. The maximum absolute atomic E-state index is 12.7. The van der Waals surface area contributed by atoms with Gasteiger partial charge in [-0.25, -0.2) is 9.97 Å². The van der Waals surface area contributed by atoms with Gasteiger partial charge in [0.25, 0.3) is 5.56 Å². The molecule has 0 saturated heterocycles. The second-order valence-electron chi connectivity index (χ2n) is 6.70. The largest absolute Gasteiger partial charge is 0.395 e. The lowest BCUT2D eigenvalue weighted by molar-refractivity contribution is 0.278. The average Bonchev–Trinajstić information content (AvgIpc) is 3.10. The van der Waals surface area contributed by atoms with Crippen LogP contribution in [0.1, 0.15) is 5.56 Å². The predicted molar refractivity (Wildman–Crippen MR) is 127 cm³/mol. The fourth-order valence-electron chi connectivity index (χ4n) is 3.17. The van der Waals surface area contributed by atoms with E-state index < -0.39 is 0 Å². The Bertz CT molecular complexity index is 1290. The Morgan fingerprint density at radius 3 is 2.48 bits per heavy atom. The lowest BCUT2D eigenvalue weighted by Crippen LogP contribution is -2.11. The molecule has 10 heteroatoms. The number of nitrogens with zero attached hydrogens (tertiary/aromatic N) is 3. The van der Waals surface area contributed by atoms with Crippen LogP contribution in [0, 0.1) is 0 Å². The number of aliphatic hydroxyl groups excluding tert-OH is 1. The zero-order valence-corrected chi connectivity index (χ0v) is 19.2. The first-order valence-corrected chi connectivity index (χ1v) is 11.5. The van der Waals surface area contributed by atoms with E-state index in [2.05, 4.69) is 15.0 Å². The first-order chi connectivity index (χ1) is 15.0. The molecule has 0 unspecified atom stereocenters. The summed E-state index contributed by atoms with van der Waals surface area (Å²) in [5, 5.41) is 11.8. The number of hydrogen-bond donors (Lipinski definition) is 2. The highest BCUT2D eigenvalue weighted by Gasteiger charge is 2.17. The SMILES string of the molecule is O=c1[nH]c(SCCc2ccc(Cl)cc2Cl)nc2c1nc(-c1ccc(Cl)cc1)n2CCO. The van der Waals surface area contributed by atoms with Gasteiger partial charge in [0.1, 0.15) is 5.82 Å². The van der Waals surface area contributed by atoms with E-state index in [1.807, 2.05) is 18.2 Å². The van der Waals surface area contributed by atoms with Gasteiger partial charge in [0, 0.05) is 32.9 Å². The zero-order valence-electron chi connectivity index (χ0n) is 16.1. The van der Waals surface area contributed by atoms with Gasteiger partial charge < -0.3 is 9.67 Å². The third kappa shape index (κ3) is 4.91. The van der Waals surface area contributed by atoms with Crippen LogP contribution in [0.5, 0.6) is 0 Å². The van der Waals surface area contributed by atoms with Crippen LogP contribution in [0.15, 0.2) is 52.4 Å². The minimum Gasteiger partial charge on any atom is -0.395 e. The summed E-state index contributed by atoms with van der Waals surface area (Å²) in [5.41, 5.74) is 2.07. The van der Waals surface area contributed by atoms with Crippen LogP contribution < -0.4 is 5.56 Å². The number of aromatic nitrogens is 4. The maximum atomic E-state index is 12.7. The Hall–Kier alpha value is -2.03. The lowest BCUT2D eigenvalue weighted by Gasteiger charge is -2.08. The van der Waals surface area contributed by atoms with Crippen molar-refractivity contribution in [1.82, 2.24) is 19.5 Å². The van der Waals surface area contributed by atoms with Crippen molar-refractivity contribution < 1.29 is 5.11 Å². The summed E-state index contributed by atoms with van der Waals surface area (Å²) in [4.78, 5) is 24.5. The topological polar surface area (TPSA) is 83.8 Å². The highest BCUT2D eigenvalue weighted by atomic mass is 35.5. The minimum atomic E-state index is -0.330. The number of benzene rings is 2. The Labute approximate surface area is 197 Å². The summed E-state index contributed by atoms with van der Waals surface area (Å²) in [6, 6.07) is 12.5. The zero-order chi connectivity index (χ0) is 22.0. The Morgan fingerprint density at radius 2 is 1.77 bits per heavy atom. The quantitative estimate of drug-likeness (QED) is 0.276. The number of fused-ring (bicyclic) bond motifs is 1. The number of thioether (sulfide) groups is 1. The van der Waals surface area contributed by atoms with Crippen molar-refractivity contribution in [2.24, 2.45) is 0 Å². The van der Waals surface area contributed by atoms with E-state index >= 15 is 0 Å². The van der Waals surface area contributed by atoms with Crippen LogP contribution in [0.3, 0.4) is 0 Å². The summed E-state index contributed by atoms with van der Waals surface area (Å²) < 4.78 is 1.74. The molecular formula is C21H17Cl3N4O2S. The molecule has 2 aromatic carbocycles. The van der Waals surface area contributed by atoms with Crippen molar-refractivity contribution in [3.05, 3.63) is 73.4 Å². The molecule has 6 nitrogen and oxygen atoms in total. The normalized spacial score (nSPS) is 11.4. The Kier molecular flexibility index (Phi) is 6.89. The van der Waals surface area contributed by atoms with Crippen molar-refractivity contribution in [2.45, 2.75) is 18.1 Å². The molecular weight excluding hydrogens is 479 g/mol. The molecule has 2 aromatic heterocycles. The van der Waals surface area contributed by atoms with E-state index in [9.17, 15) is 9.90 Å². The van der Waals surface area contributed by atoms with Gasteiger partial charge in [-0.15, -0.1) is 0 Å². The molecule has 0 saturated carbocycles.